The Morgan fingerprint density at radius 2 is 2.14 bits per heavy atom. The number of aliphatic hydroxyl groups excluding tert-OH is 1. The van der Waals surface area contributed by atoms with Crippen molar-refractivity contribution in [3.05, 3.63) is 29.8 Å². The Balaban J connectivity index is 2.45. The molecule has 0 aliphatic carbocycles. The Hall–Kier alpha value is -0.670. The molecule has 0 aliphatic heterocycles. The van der Waals surface area contributed by atoms with E-state index in [1.807, 2.05) is 32.0 Å². The predicted molar refractivity (Wildman–Crippen MR) is 63.3 cm³/mol. The van der Waals surface area contributed by atoms with Crippen LogP contribution in [0.2, 0.25) is 0 Å². The molecule has 14 heavy (non-hydrogen) atoms. The molecule has 2 atom stereocenters. The highest BCUT2D eigenvalue weighted by atomic mass is 32.2. The summed E-state index contributed by atoms with van der Waals surface area (Å²) in [5.74, 6) is 0.900. The molecular weight excluding hydrogens is 194 g/mol. The second kappa shape index (κ2) is 5.27. The fourth-order valence-corrected chi connectivity index (χ4v) is 1.96. The molecule has 0 saturated carbocycles. The van der Waals surface area contributed by atoms with Gasteiger partial charge >= 0.3 is 0 Å². The monoisotopic (exact) mass is 211 g/mol. The van der Waals surface area contributed by atoms with Crippen LogP contribution in [0.1, 0.15) is 19.4 Å². The maximum Gasteiger partial charge on any atom is 0.0628 e. The Morgan fingerprint density at radius 3 is 2.71 bits per heavy atom. The lowest BCUT2D eigenvalue weighted by Crippen LogP contribution is -2.15. The zero-order valence-electron chi connectivity index (χ0n) is 8.60. The Morgan fingerprint density at radius 1 is 1.43 bits per heavy atom. The molecule has 0 fully saturated rings. The maximum absolute atomic E-state index is 9.31. The first-order valence-electron chi connectivity index (χ1n) is 4.73. The highest BCUT2D eigenvalue weighted by Gasteiger charge is 2.08. The van der Waals surface area contributed by atoms with Crippen LogP contribution in [0.4, 0.5) is 5.69 Å². The van der Waals surface area contributed by atoms with E-state index in [1.54, 1.807) is 11.8 Å². The van der Waals surface area contributed by atoms with Gasteiger partial charge < -0.3 is 10.8 Å². The standard InChI is InChI=1S/C11H17NOS/c1-8(13)9(2)14-7-10-4-3-5-11(12)6-10/h3-6,8-9,13H,7,12H2,1-2H3. The number of anilines is 1. The second-order valence-electron chi connectivity index (χ2n) is 3.50. The van der Waals surface area contributed by atoms with Crippen LogP contribution in [0.15, 0.2) is 24.3 Å². The molecule has 0 amide bonds. The van der Waals surface area contributed by atoms with E-state index in [0.717, 1.165) is 11.4 Å². The van der Waals surface area contributed by atoms with Gasteiger partial charge in [-0.15, -0.1) is 0 Å². The van der Waals surface area contributed by atoms with Crippen molar-refractivity contribution in [1.29, 1.82) is 0 Å². The van der Waals surface area contributed by atoms with E-state index in [-0.39, 0.29) is 11.4 Å². The van der Waals surface area contributed by atoms with Gasteiger partial charge in [0, 0.05) is 16.7 Å². The number of rotatable bonds is 4. The summed E-state index contributed by atoms with van der Waals surface area (Å²) in [6, 6.07) is 7.87. The van der Waals surface area contributed by atoms with E-state index in [1.165, 1.54) is 5.56 Å². The minimum absolute atomic E-state index is 0.261. The van der Waals surface area contributed by atoms with Gasteiger partial charge in [-0.05, 0) is 24.6 Å². The minimum atomic E-state index is -0.263. The van der Waals surface area contributed by atoms with E-state index in [0.29, 0.717) is 0 Å². The lowest BCUT2D eigenvalue weighted by Gasteiger charge is -2.13. The van der Waals surface area contributed by atoms with Crippen molar-refractivity contribution in [2.24, 2.45) is 0 Å². The summed E-state index contributed by atoms with van der Waals surface area (Å²) in [6.07, 6.45) is -0.263. The van der Waals surface area contributed by atoms with Crippen molar-refractivity contribution in [1.82, 2.24) is 0 Å². The lowest BCUT2D eigenvalue weighted by molar-refractivity contribution is 0.196. The third-order valence-electron chi connectivity index (χ3n) is 2.14. The summed E-state index contributed by atoms with van der Waals surface area (Å²) in [7, 11) is 0. The smallest absolute Gasteiger partial charge is 0.0628 e. The Bertz CT molecular complexity index is 288. The van der Waals surface area contributed by atoms with Gasteiger partial charge in [-0.2, -0.15) is 11.8 Å². The summed E-state index contributed by atoms with van der Waals surface area (Å²) >= 11 is 1.74. The fraction of sp³-hybridized carbons (Fsp3) is 0.455. The number of benzene rings is 1. The van der Waals surface area contributed by atoms with E-state index < -0.39 is 0 Å². The van der Waals surface area contributed by atoms with Gasteiger partial charge in [0.1, 0.15) is 0 Å². The van der Waals surface area contributed by atoms with Crippen molar-refractivity contribution in [2.75, 3.05) is 5.73 Å². The SMILES string of the molecule is CC(O)C(C)SCc1cccc(N)c1. The fourth-order valence-electron chi connectivity index (χ4n) is 1.05. The molecule has 0 radical (unpaired) electrons. The van der Waals surface area contributed by atoms with Crippen LogP contribution in [-0.4, -0.2) is 16.5 Å². The molecule has 1 aromatic carbocycles. The molecule has 3 N–H and O–H groups in total. The molecule has 2 nitrogen and oxygen atoms in total. The second-order valence-corrected chi connectivity index (χ2v) is 4.87. The Kier molecular flexibility index (Phi) is 4.29. The van der Waals surface area contributed by atoms with Crippen LogP contribution in [0.3, 0.4) is 0 Å². The largest absolute Gasteiger partial charge is 0.399 e. The van der Waals surface area contributed by atoms with Gasteiger partial charge in [0.25, 0.3) is 0 Å². The third-order valence-corrected chi connectivity index (χ3v) is 3.56. The molecule has 2 unspecified atom stereocenters. The van der Waals surface area contributed by atoms with Crippen LogP contribution in [0, 0.1) is 0 Å². The van der Waals surface area contributed by atoms with Crippen molar-refractivity contribution in [3.8, 4) is 0 Å². The van der Waals surface area contributed by atoms with Gasteiger partial charge in [-0.1, -0.05) is 19.1 Å². The van der Waals surface area contributed by atoms with E-state index in [4.69, 9.17) is 5.73 Å². The third kappa shape index (κ3) is 3.60. The number of thioether (sulfide) groups is 1. The van der Waals surface area contributed by atoms with Crippen LogP contribution in [0.25, 0.3) is 0 Å². The van der Waals surface area contributed by atoms with Gasteiger partial charge in [-0.25, -0.2) is 0 Å². The highest BCUT2D eigenvalue weighted by molar-refractivity contribution is 7.99. The van der Waals surface area contributed by atoms with Gasteiger partial charge in [-0.3, -0.25) is 0 Å². The molecule has 0 heterocycles. The van der Waals surface area contributed by atoms with Crippen LogP contribution in [-0.2, 0) is 5.75 Å². The summed E-state index contributed by atoms with van der Waals surface area (Å²) in [6.45, 7) is 3.85. The number of nitrogens with two attached hydrogens (primary N) is 1. The zero-order valence-corrected chi connectivity index (χ0v) is 9.42. The highest BCUT2D eigenvalue weighted by Crippen LogP contribution is 2.20. The molecule has 78 valence electrons. The first-order valence-corrected chi connectivity index (χ1v) is 5.78. The molecule has 0 bridgehead atoms. The van der Waals surface area contributed by atoms with Crippen molar-refractivity contribution in [2.45, 2.75) is 31.0 Å². The summed E-state index contributed by atoms with van der Waals surface area (Å²) in [5.41, 5.74) is 7.68. The Labute approximate surface area is 89.5 Å². The molecule has 0 aromatic heterocycles. The van der Waals surface area contributed by atoms with Crippen LogP contribution in [0.5, 0.6) is 0 Å². The van der Waals surface area contributed by atoms with E-state index in [2.05, 4.69) is 6.07 Å². The molecule has 0 saturated heterocycles. The minimum Gasteiger partial charge on any atom is -0.399 e. The average molecular weight is 211 g/mol. The molecule has 0 aliphatic rings. The van der Waals surface area contributed by atoms with E-state index >= 15 is 0 Å². The normalized spacial score (nSPS) is 15.1. The van der Waals surface area contributed by atoms with Crippen LogP contribution < -0.4 is 5.73 Å². The average Bonchev–Trinajstić information content (AvgIpc) is 2.14. The topological polar surface area (TPSA) is 46.2 Å². The number of aliphatic hydroxyl groups is 1. The van der Waals surface area contributed by atoms with Gasteiger partial charge in [0.15, 0.2) is 0 Å². The molecular formula is C11H17NOS. The molecule has 3 heteroatoms. The summed E-state index contributed by atoms with van der Waals surface area (Å²) < 4.78 is 0. The number of hydrogen-bond acceptors (Lipinski definition) is 3. The summed E-state index contributed by atoms with van der Waals surface area (Å²) in [5, 5.41) is 9.57. The first kappa shape index (κ1) is 11.4. The predicted octanol–water partition coefficient (Wildman–Crippen LogP) is 2.27. The molecule has 0 spiro atoms. The maximum atomic E-state index is 9.31. The van der Waals surface area contributed by atoms with Crippen molar-refractivity contribution >= 4 is 17.4 Å². The lowest BCUT2D eigenvalue weighted by atomic mass is 10.2. The quantitative estimate of drug-likeness (QED) is 0.751. The zero-order chi connectivity index (χ0) is 10.6. The van der Waals surface area contributed by atoms with E-state index in [9.17, 15) is 5.11 Å². The number of hydrogen-bond donors (Lipinski definition) is 2. The molecule has 1 rings (SSSR count). The number of nitrogen functional groups attached to an aromatic ring is 1. The first-order chi connectivity index (χ1) is 6.59. The van der Waals surface area contributed by atoms with Crippen molar-refractivity contribution in [3.63, 3.8) is 0 Å². The van der Waals surface area contributed by atoms with Gasteiger partial charge in [0.2, 0.25) is 0 Å². The van der Waals surface area contributed by atoms with Gasteiger partial charge in [0.05, 0.1) is 6.10 Å². The van der Waals surface area contributed by atoms with Crippen LogP contribution >= 0.6 is 11.8 Å². The van der Waals surface area contributed by atoms with Crippen molar-refractivity contribution < 1.29 is 5.11 Å². The molecule has 1 aromatic rings. The summed E-state index contributed by atoms with van der Waals surface area (Å²) in [4.78, 5) is 0.